The normalized spacial score (nSPS) is 16.1. The van der Waals surface area contributed by atoms with Crippen molar-refractivity contribution >= 4 is 16.9 Å². The van der Waals surface area contributed by atoms with Crippen molar-refractivity contribution in [2.45, 2.75) is 18.6 Å². The van der Waals surface area contributed by atoms with Crippen LogP contribution in [-0.4, -0.2) is 41.5 Å². The summed E-state index contributed by atoms with van der Waals surface area (Å²) in [5, 5.41) is 19.5. The minimum atomic E-state index is -1.30. The van der Waals surface area contributed by atoms with Crippen LogP contribution in [0.5, 0.6) is 0 Å². The van der Waals surface area contributed by atoms with Gasteiger partial charge in [-0.3, -0.25) is 0 Å². The van der Waals surface area contributed by atoms with Crippen LogP contribution >= 0.6 is 0 Å². The Balaban J connectivity index is 3.68. The number of carbonyl (C=O) groups is 1. The molecule has 0 unspecified atom stereocenters. The maximum Gasteiger partial charge on any atom is 0.133 e. The number of carboxylic acids is 1. The Labute approximate surface area is 75.1 Å². The lowest BCUT2D eigenvalue weighted by Gasteiger charge is -2.15. The third-order valence-corrected chi connectivity index (χ3v) is 2.41. The van der Waals surface area contributed by atoms with Gasteiger partial charge < -0.3 is 20.7 Å². The number of rotatable bonds is 5. The predicted molar refractivity (Wildman–Crippen MR) is 47.7 cm³/mol. The van der Waals surface area contributed by atoms with Crippen molar-refractivity contribution in [1.82, 2.24) is 0 Å². The molecule has 0 rings (SSSR count). The van der Waals surface area contributed by atoms with E-state index in [1.54, 1.807) is 0 Å². The first-order chi connectivity index (χ1) is 5.43. The summed E-state index contributed by atoms with van der Waals surface area (Å²) in [5.74, 6) is -0.706. The van der Waals surface area contributed by atoms with Gasteiger partial charge in [0.1, 0.15) is 11.9 Å². The van der Waals surface area contributed by atoms with Crippen LogP contribution in [0.1, 0.15) is 6.42 Å². The van der Waals surface area contributed by atoms with Gasteiger partial charge in [0.25, 0.3) is 0 Å². The number of hydrogen-bond donors (Lipinski definition) is 2. The van der Waals surface area contributed by atoms with Gasteiger partial charge in [0.05, 0.1) is 18.5 Å². The summed E-state index contributed by atoms with van der Waals surface area (Å²) in [6.07, 6.45) is 3.41. The average Bonchev–Trinajstić information content (AvgIpc) is 1.84. The first-order valence-corrected chi connectivity index (χ1v) is 5.83. The lowest BCUT2D eigenvalue weighted by Crippen LogP contribution is -2.44. The van der Waals surface area contributed by atoms with E-state index < -0.39 is 18.1 Å². The topological polar surface area (TPSA) is 86.4 Å². The molecule has 0 aromatic rings. The summed E-state index contributed by atoms with van der Waals surface area (Å²) >= 11 is 0. The van der Waals surface area contributed by atoms with Crippen molar-refractivity contribution in [1.29, 1.82) is 0 Å². The molecule has 0 fully saturated rings. The number of carbonyl (C=O) groups excluding carboxylic acids is 1. The molecule has 2 atom stereocenters. The Kier molecular flexibility index (Phi) is 5.28. The van der Waals surface area contributed by atoms with Crippen LogP contribution in [-0.2, 0) is 15.7 Å². The second kappa shape index (κ2) is 5.40. The highest BCUT2D eigenvalue weighted by Gasteiger charge is 2.16. The molecule has 0 radical (unpaired) electrons. The lowest BCUT2D eigenvalue weighted by atomic mass is 10.1. The number of aliphatic carboxylic acids is 1. The summed E-state index contributed by atoms with van der Waals surface area (Å²) in [4.78, 5) is 10.2. The van der Waals surface area contributed by atoms with Gasteiger partial charge in [-0.05, 0) is 17.3 Å². The van der Waals surface area contributed by atoms with E-state index in [2.05, 4.69) is 0 Å². The van der Waals surface area contributed by atoms with E-state index in [4.69, 9.17) is 5.73 Å². The number of hydrogen-bond acceptors (Lipinski definition) is 4. The highest BCUT2D eigenvalue weighted by atomic mass is 32.2. The number of aliphatic hydroxyl groups excluding tert-OH is 1. The van der Waals surface area contributed by atoms with Gasteiger partial charge in [0, 0.05) is 6.04 Å². The molecule has 5 heteroatoms. The molecule has 0 aromatic heterocycles. The average molecular weight is 193 g/mol. The molecule has 0 amide bonds. The number of carboxylic acid groups (broad SMARTS) is 1. The molecule has 12 heavy (non-hydrogen) atoms. The molecule has 0 spiro atoms. The van der Waals surface area contributed by atoms with Crippen molar-refractivity contribution in [3.63, 3.8) is 0 Å². The highest BCUT2D eigenvalue weighted by molar-refractivity contribution is 7.95. The summed E-state index contributed by atoms with van der Waals surface area (Å²) in [5.41, 5.74) is 5.17. The quantitative estimate of drug-likeness (QED) is 0.480. The standard InChI is InChI=1S/C7H15NO3S/c1-12(2)4-5(9)3-6(8)7(10)11/h5-6,9H,3-4,8H2,1-2H3/t5-,6+/m1/s1. The molecular weight excluding hydrogens is 178 g/mol. The molecule has 0 aliphatic rings. The fraction of sp³-hybridized carbons (Fsp3) is 0.857. The molecule has 0 aliphatic carbocycles. The van der Waals surface area contributed by atoms with E-state index in [0.29, 0.717) is 5.75 Å². The molecule has 0 heterocycles. The maximum absolute atomic E-state index is 10.2. The van der Waals surface area contributed by atoms with E-state index in [0.717, 1.165) is 0 Å². The number of aliphatic hydroxyl groups is 1. The summed E-state index contributed by atoms with van der Waals surface area (Å²) < 4.78 is 0. The van der Waals surface area contributed by atoms with E-state index in [9.17, 15) is 15.0 Å². The first kappa shape index (κ1) is 11.7. The fourth-order valence-electron chi connectivity index (χ4n) is 0.842. The van der Waals surface area contributed by atoms with Crippen LogP contribution in [0.4, 0.5) is 0 Å². The minimum absolute atomic E-state index is 0.0769. The minimum Gasteiger partial charge on any atom is -0.548 e. The lowest BCUT2D eigenvalue weighted by molar-refractivity contribution is -0.308. The molecule has 0 saturated carbocycles. The van der Waals surface area contributed by atoms with E-state index in [1.165, 1.54) is 0 Å². The number of nitrogens with two attached hydrogens (primary N) is 1. The Morgan fingerprint density at radius 3 is 2.50 bits per heavy atom. The SMILES string of the molecule is C[S+](C)C[C@H](O)C[C@H](N)C(=O)[O-]. The molecule has 0 saturated heterocycles. The first-order valence-electron chi connectivity index (χ1n) is 3.62. The van der Waals surface area contributed by atoms with Crippen molar-refractivity contribution in [3.05, 3.63) is 0 Å². The van der Waals surface area contributed by atoms with E-state index >= 15 is 0 Å². The Bertz CT molecular complexity index is 152. The summed E-state index contributed by atoms with van der Waals surface area (Å²) in [6.45, 7) is 0. The summed E-state index contributed by atoms with van der Waals surface area (Å²) in [7, 11) is 0.106. The second-order valence-corrected chi connectivity index (χ2v) is 5.27. The van der Waals surface area contributed by atoms with Crippen LogP contribution in [0.2, 0.25) is 0 Å². The molecular formula is C7H15NO3S. The fourth-order valence-corrected chi connectivity index (χ4v) is 1.75. The zero-order chi connectivity index (χ0) is 9.72. The van der Waals surface area contributed by atoms with Crippen molar-refractivity contribution in [3.8, 4) is 0 Å². The molecule has 0 bridgehead atoms. The third-order valence-electron chi connectivity index (χ3n) is 1.35. The van der Waals surface area contributed by atoms with Crippen LogP contribution < -0.4 is 10.8 Å². The van der Waals surface area contributed by atoms with Crippen molar-refractivity contribution in [2.24, 2.45) is 5.73 Å². The van der Waals surface area contributed by atoms with E-state index in [1.807, 2.05) is 12.5 Å². The van der Waals surface area contributed by atoms with Gasteiger partial charge in [0.2, 0.25) is 0 Å². The van der Waals surface area contributed by atoms with Crippen LogP contribution in [0.25, 0.3) is 0 Å². The van der Waals surface area contributed by atoms with Gasteiger partial charge >= 0.3 is 0 Å². The maximum atomic E-state index is 10.2. The Hall–Kier alpha value is -0.260. The van der Waals surface area contributed by atoms with Crippen LogP contribution in [0.3, 0.4) is 0 Å². The van der Waals surface area contributed by atoms with Crippen LogP contribution in [0, 0.1) is 0 Å². The zero-order valence-electron chi connectivity index (χ0n) is 7.32. The van der Waals surface area contributed by atoms with Gasteiger partial charge in [-0.15, -0.1) is 0 Å². The predicted octanol–water partition coefficient (Wildman–Crippen LogP) is -2.31. The van der Waals surface area contributed by atoms with Gasteiger partial charge in [-0.1, -0.05) is 0 Å². The monoisotopic (exact) mass is 193 g/mol. The van der Waals surface area contributed by atoms with Gasteiger partial charge in [-0.25, -0.2) is 0 Å². The third kappa shape index (κ3) is 5.40. The largest absolute Gasteiger partial charge is 0.548 e. The second-order valence-electron chi connectivity index (χ2n) is 2.97. The molecule has 72 valence electrons. The van der Waals surface area contributed by atoms with Crippen LogP contribution in [0.15, 0.2) is 0 Å². The zero-order valence-corrected chi connectivity index (χ0v) is 8.13. The summed E-state index contributed by atoms with van der Waals surface area (Å²) in [6, 6.07) is -1.05. The molecule has 3 N–H and O–H groups in total. The van der Waals surface area contributed by atoms with Crippen molar-refractivity contribution < 1.29 is 15.0 Å². The molecule has 0 aromatic carbocycles. The van der Waals surface area contributed by atoms with Crippen molar-refractivity contribution in [2.75, 3.05) is 18.3 Å². The molecule has 0 aliphatic heterocycles. The Morgan fingerprint density at radius 2 is 2.17 bits per heavy atom. The van der Waals surface area contributed by atoms with Gasteiger partial charge in [-0.2, -0.15) is 0 Å². The smallest absolute Gasteiger partial charge is 0.133 e. The highest BCUT2D eigenvalue weighted by Crippen LogP contribution is 1.99. The molecule has 4 nitrogen and oxygen atoms in total. The Morgan fingerprint density at radius 1 is 1.67 bits per heavy atom. The van der Waals surface area contributed by atoms with E-state index in [-0.39, 0.29) is 17.3 Å². The van der Waals surface area contributed by atoms with Gasteiger partial charge in [0.15, 0.2) is 0 Å².